The summed E-state index contributed by atoms with van der Waals surface area (Å²) in [6.45, 7) is 0. The number of nitrogen functional groups attached to an aromatic ring is 1. The van der Waals surface area contributed by atoms with E-state index in [4.69, 9.17) is 28.9 Å². The predicted octanol–water partition coefficient (Wildman–Crippen LogP) is 4.59. The number of nitrogens with two attached hydrogens (primary N) is 1. The Labute approximate surface area is 139 Å². The molecule has 0 aliphatic carbocycles. The van der Waals surface area contributed by atoms with Gasteiger partial charge < -0.3 is 5.73 Å². The molecule has 0 aliphatic heterocycles. The average molecular weight is 384 g/mol. The Balaban J connectivity index is 2.09. The maximum absolute atomic E-state index is 6.19. The molecule has 3 aromatic rings. The predicted molar refractivity (Wildman–Crippen MR) is 88.9 cm³/mol. The molecule has 0 radical (unpaired) electrons. The molecule has 0 unspecified atom stereocenters. The maximum atomic E-state index is 6.19. The van der Waals surface area contributed by atoms with Crippen molar-refractivity contribution in [1.29, 1.82) is 0 Å². The van der Waals surface area contributed by atoms with Crippen molar-refractivity contribution < 1.29 is 0 Å². The van der Waals surface area contributed by atoms with Crippen LogP contribution in [-0.4, -0.2) is 14.8 Å². The van der Waals surface area contributed by atoms with Gasteiger partial charge in [-0.2, -0.15) is 5.10 Å². The number of anilines is 1. The van der Waals surface area contributed by atoms with E-state index >= 15 is 0 Å². The van der Waals surface area contributed by atoms with Crippen LogP contribution in [0.15, 0.2) is 47.2 Å². The minimum absolute atomic E-state index is 0.504. The minimum Gasteiger partial charge on any atom is -0.396 e. The Morgan fingerprint density at radius 1 is 1.14 bits per heavy atom. The fourth-order valence-electron chi connectivity index (χ4n) is 1.90. The highest BCUT2D eigenvalue weighted by atomic mass is 79.9. The van der Waals surface area contributed by atoms with Gasteiger partial charge in [-0.05, 0) is 46.3 Å². The van der Waals surface area contributed by atoms with E-state index in [1.807, 2.05) is 12.1 Å². The summed E-state index contributed by atoms with van der Waals surface area (Å²) in [7, 11) is 0. The van der Waals surface area contributed by atoms with Crippen molar-refractivity contribution in [3.05, 3.63) is 57.2 Å². The number of pyridine rings is 1. The summed E-state index contributed by atoms with van der Waals surface area (Å²) in [6.07, 6.45) is 3.39. The third kappa shape index (κ3) is 2.90. The van der Waals surface area contributed by atoms with Gasteiger partial charge in [0.05, 0.1) is 16.9 Å². The van der Waals surface area contributed by atoms with E-state index in [1.54, 1.807) is 35.3 Å². The van der Waals surface area contributed by atoms with Crippen molar-refractivity contribution >= 4 is 44.8 Å². The van der Waals surface area contributed by atoms with Gasteiger partial charge in [-0.1, -0.05) is 23.2 Å². The number of hydrogen-bond acceptors (Lipinski definition) is 3. The number of aromatic nitrogens is 3. The van der Waals surface area contributed by atoms with Gasteiger partial charge in [0.2, 0.25) is 0 Å². The van der Waals surface area contributed by atoms with Crippen molar-refractivity contribution in [3.8, 4) is 17.1 Å². The van der Waals surface area contributed by atoms with Gasteiger partial charge in [-0.3, -0.25) is 0 Å². The van der Waals surface area contributed by atoms with E-state index < -0.39 is 0 Å². The lowest BCUT2D eigenvalue weighted by Crippen LogP contribution is -1.97. The van der Waals surface area contributed by atoms with Gasteiger partial charge in [-0.15, -0.1) is 0 Å². The summed E-state index contributed by atoms with van der Waals surface area (Å²) in [5, 5.41) is 5.57. The van der Waals surface area contributed by atoms with E-state index in [0.29, 0.717) is 32.8 Å². The highest BCUT2D eigenvalue weighted by Gasteiger charge is 2.13. The summed E-state index contributed by atoms with van der Waals surface area (Å²) >= 11 is 15.5. The summed E-state index contributed by atoms with van der Waals surface area (Å²) in [5.74, 6) is 0.661. The smallest absolute Gasteiger partial charge is 0.153 e. The molecule has 0 saturated heterocycles. The molecule has 21 heavy (non-hydrogen) atoms. The Morgan fingerprint density at radius 3 is 2.67 bits per heavy atom. The average Bonchev–Trinajstić information content (AvgIpc) is 2.84. The fraction of sp³-hybridized carbons (Fsp3) is 0. The van der Waals surface area contributed by atoms with Gasteiger partial charge in [0, 0.05) is 21.3 Å². The molecule has 0 saturated carbocycles. The topological polar surface area (TPSA) is 56.7 Å². The van der Waals surface area contributed by atoms with Crippen molar-refractivity contribution in [2.45, 2.75) is 0 Å². The SMILES string of the molecule is Nc1cn(-c2ccc(Br)cn2)nc1-c1cc(Cl)ccc1Cl. The van der Waals surface area contributed by atoms with E-state index in [0.717, 1.165) is 4.47 Å². The Kier molecular flexibility index (Phi) is 3.89. The Hall–Kier alpha value is -1.56. The van der Waals surface area contributed by atoms with Crippen LogP contribution in [-0.2, 0) is 0 Å². The van der Waals surface area contributed by atoms with Crippen LogP contribution >= 0.6 is 39.1 Å². The van der Waals surface area contributed by atoms with Crippen molar-refractivity contribution in [1.82, 2.24) is 14.8 Å². The highest BCUT2D eigenvalue weighted by Crippen LogP contribution is 2.33. The molecule has 0 amide bonds. The summed E-state index contributed by atoms with van der Waals surface area (Å²) < 4.78 is 2.50. The van der Waals surface area contributed by atoms with Crippen molar-refractivity contribution in [3.63, 3.8) is 0 Å². The summed E-state index contributed by atoms with van der Waals surface area (Å²) in [5.41, 5.74) is 7.81. The van der Waals surface area contributed by atoms with Crippen LogP contribution in [0, 0.1) is 0 Å². The molecule has 2 aromatic heterocycles. The van der Waals surface area contributed by atoms with Crippen LogP contribution in [0.5, 0.6) is 0 Å². The number of benzene rings is 1. The molecule has 2 heterocycles. The first-order chi connectivity index (χ1) is 10.0. The zero-order valence-corrected chi connectivity index (χ0v) is 13.7. The monoisotopic (exact) mass is 382 g/mol. The maximum Gasteiger partial charge on any atom is 0.153 e. The number of halogens is 3. The molecular formula is C14H9BrCl2N4. The van der Waals surface area contributed by atoms with Crippen molar-refractivity contribution in [2.24, 2.45) is 0 Å². The molecule has 2 N–H and O–H groups in total. The third-order valence-electron chi connectivity index (χ3n) is 2.87. The summed E-state index contributed by atoms with van der Waals surface area (Å²) in [6, 6.07) is 8.89. The normalized spacial score (nSPS) is 10.8. The first-order valence-corrected chi connectivity index (χ1v) is 7.52. The molecule has 0 aliphatic rings. The zero-order chi connectivity index (χ0) is 15.0. The molecule has 3 rings (SSSR count). The van der Waals surface area contributed by atoms with E-state index in [2.05, 4.69) is 26.0 Å². The highest BCUT2D eigenvalue weighted by molar-refractivity contribution is 9.10. The lowest BCUT2D eigenvalue weighted by molar-refractivity contribution is 0.849. The second-order valence-electron chi connectivity index (χ2n) is 4.34. The van der Waals surface area contributed by atoms with Gasteiger partial charge in [0.15, 0.2) is 5.82 Å². The lowest BCUT2D eigenvalue weighted by Gasteiger charge is -2.03. The number of nitrogens with zero attached hydrogens (tertiary/aromatic N) is 3. The van der Waals surface area contributed by atoms with Crippen molar-refractivity contribution in [2.75, 3.05) is 5.73 Å². The molecule has 0 spiro atoms. The van der Waals surface area contributed by atoms with E-state index in [9.17, 15) is 0 Å². The number of hydrogen-bond donors (Lipinski definition) is 1. The van der Waals surface area contributed by atoms with E-state index in [1.165, 1.54) is 0 Å². The molecule has 106 valence electrons. The Bertz CT molecular complexity index is 799. The van der Waals surface area contributed by atoms with Crippen LogP contribution in [0.25, 0.3) is 17.1 Å². The van der Waals surface area contributed by atoms with Gasteiger partial charge >= 0.3 is 0 Å². The van der Waals surface area contributed by atoms with Crippen LogP contribution < -0.4 is 5.73 Å². The third-order valence-corrected chi connectivity index (χ3v) is 3.91. The molecule has 0 fully saturated rings. The summed E-state index contributed by atoms with van der Waals surface area (Å²) in [4.78, 5) is 4.28. The molecule has 1 aromatic carbocycles. The van der Waals surface area contributed by atoms with Gasteiger partial charge in [-0.25, -0.2) is 9.67 Å². The van der Waals surface area contributed by atoms with Crippen LogP contribution in [0.1, 0.15) is 0 Å². The molecule has 0 atom stereocenters. The second kappa shape index (κ2) is 5.67. The van der Waals surface area contributed by atoms with Gasteiger partial charge in [0.1, 0.15) is 5.69 Å². The minimum atomic E-state index is 0.504. The largest absolute Gasteiger partial charge is 0.396 e. The van der Waals surface area contributed by atoms with Crippen LogP contribution in [0.4, 0.5) is 5.69 Å². The molecule has 4 nitrogen and oxygen atoms in total. The van der Waals surface area contributed by atoms with Crippen LogP contribution in [0.3, 0.4) is 0 Å². The number of rotatable bonds is 2. The Morgan fingerprint density at radius 2 is 1.95 bits per heavy atom. The molecule has 0 bridgehead atoms. The second-order valence-corrected chi connectivity index (χ2v) is 6.10. The first kappa shape index (κ1) is 14.4. The standard InChI is InChI=1S/C14H9BrCl2N4/c15-8-1-4-13(19-6-8)21-7-12(18)14(20-21)10-5-9(16)2-3-11(10)17/h1-7H,18H2. The lowest BCUT2D eigenvalue weighted by atomic mass is 10.1. The molecule has 7 heteroatoms. The van der Waals surface area contributed by atoms with E-state index in [-0.39, 0.29) is 0 Å². The fourth-order valence-corrected chi connectivity index (χ4v) is 2.51. The molecular weight excluding hydrogens is 375 g/mol. The van der Waals surface area contributed by atoms with Crippen LogP contribution in [0.2, 0.25) is 10.0 Å². The quantitative estimate of drug-likeness (QED) is 0.704. The first-order valence-electron chi connectivity index (χ1n) is 5.97. The zero-order valence-electron chi connectivity index (χ0n) is 10.6. The van der Waals surface area contributed by atoms with Gasteiger partial charge in [0.25, 0.3) is 0 Å².